The van der Waals surface area contributed by atoms with Gasteiger partial charge in [0.05, 0.1) is 6.10 Å². The van der Waals surface area contributed by atoms with Crippen LogP contribution >= 0.6 is 0 Å². The molecule has 1 heterocycles. The molecule has 0 bridgehead atoms. The maximum atomic E-state index is 5.02. The van der Waals surface area contributed by atoms with Gasteiger partial charge in [-0.1, -0.05) is 6.92 Å². The van der Waals surface area contributed by atoms with Crippen molar-refractivity contribution < 1.29 is 4.84 Å². The van der Waals surface area contributed by atoms with E-state index in [1.165, 1.54) is 0 Å². The summed E-state index contributed by atoms with van der Waals surface area (Å²) in [6.45, 7) is 4.25. The molecule has 0 saturated carbocycles. The Morgan fingerprint density at radius 3 is 2.43 bits per heavy atom. The van der Waals surface area contributed by atoms with Crippen molar-refractivity contribution in [1.29, 1.82) is 0 Å². The zero-order valence-corrected chi connectivity index (χ0v) is 4.77. The topological polar surface area (TPSA) is 21.3 Å². The van der Waals surface area contributed by atoms with E-state index < -0.39 is 0 Å². The van der Waals surface area contributed by atoms with E-state index in [-0.39, 0.29) is 0 Å². The predicted molar refractivity (Wildman–Crippen MR) is 30.3 cm³/mol. The molecule has 1 aliphatic heterocycles. The number of hydrogen-bond acceptors (Lipinski definition) is 2. The van der Waals surface area contributed by atoms with Crippen LogP contribution in [0.1, 0.15) is 13.8 Å². The van der Waals surface area contributed by atoms with Gasteiger partial charge in [0.2, 0.25) is 7.41 Å². The van der Waals surface area contributed by atoms with Gasteiger partial charge in [0.1, 0.15) is 0 Å². The van der Waals surface area contributed by atoms with Gasteiger partial charge in [-0.25, -0.2) is 5.39 Å². The van der Waals surface area contributed by atoms with E-state index in [2.05, 4.69) is 19.2 Å². The average molecular weight is 98.9 g/mol. The Morgan fingerprint density at radius 1 is 1.57 bits per heavy atom. The molecule has 0 aliphatic carbocycles. The van der Waals surface area contributed by atoms with E-state index in [9.17, 15) is 0 Å². The Morgan fingerprint density at radius 2 is 2.29 bits per heavy atom. The summed E-state index contributed by atoms with van der Waals surface area (Å²) in [5.41, 5.74) is 0. The predicted octanol–water partition coefficient (Wildman–Crippen LogP) is 0.0696. The van der Waals surface area contributed by atoms with Crippen molar-refractivity contribution in [2.75, 3.05) is 0 Å². The third-order valence-corrected chi connectivity index (χ3v) is 1.48. The molecule has 1 saturated heterocycles. The zero-order chi connectivity index (χ0) is 5.28. The number of nitrogens with one attached hydrogen (secondary N) is 1. The lowest BCUT2D eigenvalue weighted by molar-refractivity contribution is 0.0540. The lowest BCUT2D eigenvalue weighted by atomic mass is 9.77. The van der Waals surface area contributed by atoms with E-state index in [1.807, 2.05) is 0 Å². The summed E-state index contributed by atoms with van der Waals surface area (Å²) in [5, 5.41) is 2.82. The Hall–Kier alpha value is -0.0151. The molecule has 0 aromatic rings. The molecule has 0 radical (unpaired) electrons. The van der Waals surface area contributed by atoms with E-state index in [4.69, 9.17) is 4.84 Å². The number of hydrogen-bond donors (Lipinski definition) is 1. The first-order chi connectivity index (χ1) is 3.30. The van der Waals surface area contributed by atoms with E-state index in [0.717, 1.165) is 7.41 Å². The van der Waals surface area contributed by atoms with Crippen molar-refractivity contribution in [3.05, 3.63) is 0 Å². The van der Waals surface area contributed by atoms with Gasteiger partial charge in [-0.05, 0) is 12.7 Å². The minimum absolute atomic E-state index is 0.403. The first kappa shape index (κ1) is 5.13. The van der Waals surface area contributed by atoms with Crippen molar-refractivity contribution in [2.24, 2.45) is 0 Å². The molecule has 1 aliphatic rings. The Kier molecular flexibility index (Phi) is 1.35. The van der Waals surface area contributed by atoms with E-state index in [0.29, 0.717) is 11.9 Å². The van der Waals surface area contributed by atoms with E-state index >= 15 is 0 Å². The monoisotopic (exact) mass is 99.1 g/mol. The quantitative estimate of drug-likeness (QED) is 0.434. The largest absolute Gasteiger partial charge is 0.311 e. The summed E-state index contributed by atoms with van der Waals surface area (Å²) in [5.74, 6) is 0.681. The van der Waals surface area contributed by atoms with Gasteiger partial charge in [0, 0.05) is 0 Å². The lowest BCUT2D eigenvalue weighted by Crippen LogP contribution is -2.08. The molecule has 1 fully saturated rings. The fourth-order valence-corrected chi connectivity index (χ4v) is 0.593. The molecule has 0 aromatic heterocycles. The molecule has 0 amide bonds. The van der Waals surface area contributed by atoms with Crippen LogP contribution in [0.4, 0.5) is 0 Å². The molecule has 0 aromatic carbocycles. The summed E-state index contributed by atoms with van der Waals surface area (Å²) in [6.07, 6.45) is 0.403. The normalized spacial score (nSPS) is 40.9. The highest BCUT2D eigenvalue weighted by Gasteiger charge is 2.20. The van der Waals surface area contributed by atoms with Crippen LogP contribution in [0.2, 0.25) is 5.82 Å². The van der Waals surface area contributed by atoms with Crippen LogP contribution in [0.5, 0.6) is 0 Å². The van der Waals surface area contributed by atoms with Crippen LogP contribution in [-0.4, -0.2) is 13.5 Å². The van der Waals surface area contributed by atoms with E-state index in [1.54, 1.807) is 0 Å². The minimum atomic E-state index is 0.403. The van der Waals surface area contributed by atoms with Gasteiger partial charge in [-0.15, -0.1) is 0 Å². The van der Waals surface area contributed by atoms with Crippen LogP contribution in [0.25, 0.3) is 0 Å². The molecule has 1 N–H and O–H groups in total. The first-order valence-corrected chi connectivity index (χ1v) is 2.69. The molecule has 40 valence electrons. The molecule has 2 unspecified atom stereocenters. The number of rotatable bonds is 0. The van der Waals surface area contributed by atoms with Gasteiger partial charge in [-0.2, -0.15) is 0 Å². The van der Waals surface area contributed by atoms with Crippen LogP contribution in [0.15, 0.2) is 0 Å². The molecule has 2 atom stereocenters. The van der Waals surface area contributed by atoms with Crippen molar-refractivity contribution >= 4 is 7.41 Å². The Labute approximate surface area is 44.5 Å². The molecular weight excluding hydrogens is 88.9 g/mol. The van der Waals surface area contributed by atoms with Crippen molar-refractivity contribution in [1.82, 2.24) is 5.39 Å². The second kappa shape index (κ2) is 1.84. The summed E-state index contributed by atoms with van der Waals surface area (Å²) < 4.78 is 0. The van der Waals surface area contributed by atoms with Gasteiger partial charge in [0.25, 0.3) is 0 Å². The molecule has 3 heteroatoms. The molecule has 1 rings (SSSR count). The van der Waals surface area contributed by atoms with Crippen LogP contribution in [0.3, 0.4) is 0 Å². The minimum Gasteiger partial charge on any atom is -0.311 e. The third kappa shape index (κ3) is 0.953. The highest BCUT2D eigenvalue weighted by molar-refractivity contribution is 6.34. The second-order valence-electron chi connectivity index (χ2n) is 2.15. The van der Waals surface area contributed by atoms with Crippen LogP contribution in [0, 0.1) is 0 Å². The SMILES string of the molecule is CC1BNOC1C. The van der Waals surface area contributed by atoms with Crippen LogP contribution in [-0.2, 0) is 4.84 Å². The summed E-state index contributed by atoms with van der Waals surface area (Å²) in [7, 11) is 1.00. The summed E-state index contributed by atoms with van der Waals surface area (Å²) in [6, 6.07) is 0. The fourth-order valence-electron chi connectivity index (χ4n) is 0.593. The first-order valence-electron chi connectivity index (χ1n) is 2.69. The van der Waals surface area contributed by atoms with Crippen molar-refractivity contribution in [2.45, 2.75) is 25.8 Å². The maximum absolute atomic E-state index is 5.02. The Balaban J connectivity index is 2.33. The third-order valence-electron chi connectivity index (χ3n) is 1.48. The maximum Gasteiger partial charge on any atom is 0.240 e. The van der Waals surface area contributed by atoms with Crippen molar-refractivity contribution in [3.63, 3.8) is 0 Å². The average Bonchev–Trinajstić information content (AvgIpc) is 1.91. The van der Waals surface area contributed by atoms with Crippen molar-refractivity contribution in [3.8, 4) is 0 Å². The summed E-state index contributed by atoms with van der Waals surface area (Å²) >= 11 is 0. The molecule has 7 heavy (non-hydrogen) atoms. The highest BCUT2D eigenvalue weighted by atomic mass is 16.7. The van der Waals surface area contributed by atoms with Gasteiger partial charge in [0.15, 0.2) is 0 Å². The highest BCUT2D eigenvalue weighted by Crippen LogP contribution is 2.13. The molecular formula is C4H10BNO. The molecule has 2 nitrogen and oxygen atoms in total. The second-order valence-corrected chi connectivity index (χ2v) is 2.15. The summed E-state index contributed by atoms with van der Waals surface area (Å²) in [4.78, 5) is 5.02. The Bertz CT molecular complexity index is 60.7. The van der Waals surface area contributed by atoms with Gasteiger partial charge >= 0.3 is 0 Å². The smallest absolute Gasteiger partial charge is 0.240 e. The zero-order valence-electron chi connectivity index (χ0n) is 4.77. The standard InChI is InChI=1S/C4H10BNO/c1-3-4(2)7-6-5-3/h3-6H,1-2H3. The fraction of sp³-hybridized carbons (Fsp3) is 1.00. The van der Waals surface area contributed by atoms with Gasteiger partial charge < -0.3 is 4.84 Å². The van der Waals surface area contributed by atoms with Gasteiger partial charge in [-0.3, -0.25) is 0 Å². The lowest BCUT2D eigenvalue weighted by Gasteiger charge is -2.02. The van der Waals surface area contributed by atoms with Crippen LogP contribution < -0.4 is 5.39 Å². The molecule has 0 spiro atoms.